The number of pyridine rings is 1. The molecule has 0 radical (unpaired) electrons. The Kier molecular flexibility index (Phi) is 5.30. The number of rotatable bonds is 6. The van der Waals surface area contributed by atoms with Crippen LogP contribution in [0.3, 0.4) is 0 Å². The summed E-state index contributed by atoms with van der Waals surface area (Å²) < 4.78 is 5.43. The molecular formula is C18H17ClN4O2. The molecule has 1 aromatic carbocycles. The van der Waals surface area contributed by atoms with E-state index in [9.17, 15) is 4.79 Å². The van der Waals surface area contributed by atoms with Gasteiger partial charge in [0.15, 0.2) is 0 Å². The van der Waals surface area contributed by atoms with Crippen LogP contribution in [0.15, 0.2) is 48.9 Å². The van der Waals surface area contributed by atoms with Gasteiger partial charge in [0.05, 0.1) is 29.1 Å². The van der Waals surface area contributed by atoms with Gasteiger partial charge < -0.3 is 10.1 Å². The number of aromatic nitrogens is 3. The number of carbonyl (C=O) groups is 1. The number of nitrogens with one attached hydrogen (secondary N) is 2. The first-order chi connectivity index (χ1) is 12.2. The summed E-state index contributed by atoms with van der Waals surface area (Å²) in [6, 6.07) is 9.09. The van der Waals surface area contributed by atoms with Crippen LogP contribution >= 0.6 is 11.6 Å². The fraction of sp³-hybridized carbons (Fsp3) is 0.167. The monoisotopic (exact) mass is 356 g/mol. The number of nitrogens with zero attached hydrogens (tertiary/aromatic N) is 2. The Balaban J connectivity index is 1.78. The van der Waals surface area contributed by atoms with Gasteiger partial charge >= 0.3 is 0 Å². The van der Waals surface area contributed by atoms with Crippen LogP contribution in [0.4, 0.5) is 0 Å². The van der Waals surface area contributed by atoms with E-state index in [1.165, 1.54) is 6.20 Å². The number of hydrogen-bond acceptors (Lipinski definition) is 4. The number of amides is 1. The molecule has 0 saturated carbocycles. The van der Waals surface area contributed by atoms with E-state index < -0.39 is 0 Å². The minimum atomic E-state index is -0.224. The highest BCUT2D eigenvalue weighted by molar-refractivity contribution is 6.32. The predicted molar refractivity (Wildman–Crippen MR) is 95.6 cm³/mol. The van der Waals surface area contributed by atoms with Crippen molar-refractivity contribution >= 4 is 17.5 Å². The number of benzene rings is 1. The summed E-state index contributed by atoms with van der Waals surface area (Å²) in [5.74, 6) is 0.382. The molecule has 0 aliphatic heterocycles. The first-order valence-corrected chi connectivity index (χ1v) is 8.20. The van der Waals surface area contributed by atoms with Crippen LogP contribution in [0.1, 0.15) is 22.8 Å². The Morgan fingerprint density at radius 3 is 2.92 bits per heavy atom. The van der Waals surface area contributed by atoms with Crippen molar-refractivity contribution in [2.45, 2.75) is 13.5 Å². The lowest BCUT2D eigenvalue weighted by atomic mass is 10.1. The molecule has 0 bridgehead atoms. The molecule has 128 valence electrons. The molecule has 0 fully saturated rings. The fourth-order valence-corrected chi connectivity index (χ4v) is 2.62. The van der Waals surface area contributed by atoms with Gasteiger partial charge in [0.1, 0.15) is 5.75 Å². The summed E-state index contributed by atoms with van der Waals surface area (Å²) in [7, 11) is 0. The summed E-state index contributed by atoms with van der Waals surface area (Å²) in [6.45, 7) is 2.82. The lowest BCUT2D eigenvalue weighted by Crippen LogP contribution is -2.23. The highest BCUT2D eigenvalue weighted by atomic mass is 35.5. The molecule has 6 nitrogen and oxygen atoms in total. The molecule has 2 aromatic heterocycles. The SMILES string of the molecule is CCOc1ccc(-c2[nH]ncc2C(=O)NCc2cccnc2)cc1Cl. The Labute approximate surface area is 150 Å². The molecule has 0 saturated heterocycles. The number of H-pyrrole nitrogens is 1. The zero-order valence-corrected chi connectivity index (χ0v) is 14.4. The number of hydrogen-bond donors (Lipinski definition) is 2. The van der Waals surface area contributed by atoms with Gasteiger partial charge in [-0.25, -0.2) is 0 Å². The van der Waals surface area contributed by atoms with Gasteiger partial charge in [0.2, 0.25) is 0 Å². The van der Waals surface area contributed by atoms with E-state index in [4.69, 9.17) is 16.3 Å². The zero-order chi connectivity index (χ0) is 17.6. The lowest BCUT2D eigenvalue weighted by Gasteiger charge is -2.09. The molecule has 3 aromatic rings. The normalized spacial score (nSPS) is 10.5. The molecule has 3 rings (SSSR count). The minimum absolute atomic E-state index is 0.224. The number of ether oxygens (including phenoxy) is 1. The summed E-state index contributed by atoms with van der Waals surface area (Å²) in [6.07, 6.45) is 4.90. The van der Waals surface area contributed by atoms with Gasteiger partial charge in [-0.2, -0.15) is 5.10 Å². The highest BCUT2D eigenvalue weighted by Gasteiger charge is 2.16. The van der Waals surface area contributed by atoms with Crippen molar-refractivity contribution in [1.82, 2.24) is 20.5 Å². The van der Waals surface area contributed by atoms with Gasteiger partial charge in [-0.15, -0.1) is 0 Å². The molecular weight excluding hydrogens is 340 g/mol. The van der Waals surface area contributed by atoms with Crippen molar-refractivity contribution in [1.29, 1.82) is 0 Å². The van der Waals surface area contributed by atoms with Crippen LogP contribution in [0.5, 0.6) is 5.75 Å². The Bertz CT molecular complexity index is 865. The molecule has 25 heavy (non-hydrogen) atoms. The van der Waals surface area contributed by atoms with E-state index in [0.717, 1.165) is 11.1 Å². The van der Waals surface area contributed by atoms with Crippen LogP contribution in [0, 0.1) is 0 Å². The van der Waals surface area contributed by atoms with E-state index in [-0.39, 0.29) is 5.91 Å². The predicted octanol–water partition coefficient (Wildman–Crippen LogP) is 3.45. The first kappa shape index (κ1) is 17.0. The van der Waals surface area contributed by atoms with Crippen molar-refractivity contribution in [3.63, 3.8) is 0 Å². The summed E-state index contributed by atoms with van der Waals surface area (Å²) in [4.78, 5) is 16.5. The van der Waals surface area contributed by atoms with Crippen LogP contribution in [-0.4, -0.2) is 27.7 Å². The number of carbonyl (C=O) groups excluding carboxylic acids is 1. The van der Waals surface area contributed by atoms with Crippen molar-refractivity contribution in [2.24, 2.45) is 0 Å². The van der Waals surface area contributed by atoms with Crippen molar-refractivity contribution in [3.05, 3.63) is 65.1 Å². The van der Waals surface area contributed by atoms with E-state index in [0.29, 0.717) is 35.2 Å². The smallest absolute Gasteiger partial charge is 0.255 e. The van der Waals surface area contributed by atoms with E-state index >= 15 is 0 Å². The maximum Gasteiger partial charge on any atom is 0.255 e. The third kappa shape index (κ3) is 3.97. The average Bonchev–Trinajstić information content (AvgIpc) is 3.12. The second kappa shape index (κ2) is 7.81. The topological polar surface area (TPSA) is 79.9 Å². The molecule has 0 aliphatic carbocycles. The molecule has 0 atom stereocenters. The van der Waals surface area contributed by atoms with Gasteiger partial charge in [0, 0.05) is 24.5 Å². The number of aromatic amines is 1. The molecule has 0 spiro atoms. The van der Waals surface area contributed by atoms with Crippen LogP contribution < -0.4 is 10.1 Å². The van der Waals surface area contributed by atoms with Gasteiger partial charge in [0.25, 0.3) is 5.91 Å². The second-order valence-corrected chi connectivity index (χ2v) is 5.69. The third-order valence-corrected chi connectivity index (χ3v) is 3.88. The molecule has 1 amide bonds. The lowest BCUT2D eigenvalue weighted by molar-refractivity contribution is 0.0951. The summed E-state index contributed by atoms with van der Waals surface area (Å²) in [5, 5.41) is 10.2. The van der Waals surface area contributed by atoms with Crippen molar-refractivity contribution < 1.29 is 9.53 Å². The van der Waals surface area contributed by atoms with E-state index in [1.54, 1.807) is 24.5 Å². The quantitative estimate of drug-likeness (QED) is 0.709. The van der Waals surface area contributed by atoms with E-state index in [1.807, 2.05) is 25.1 Å². The maximum absolute atomic E-state index is 12.5. The second-order valence-electron chi connectivity index (χ2n) is 5.28. The standard InChI is InChI=1S/C18H17ClN4O2/c1-2-25-16-6-5-13(8-15(16)19)17-14(11-22-23-17)18(24)21-10-12-4-3-7-20-9-12/h3-9,11H,2,10H2,1H3,(H,21,24)(H,22,23). The third-order valence-electron chi connectivity index (χ3n) is 3.58. The summed E-state index contributed by atoms with van der Waals surface area (Å²) >= 11 is 6.23. The Morgan fingerprint density at radius 1 is 1.32 bits per heavy atom. The largest absolute Gasteiger partial charge is 0.492 e. The summed E-state index contributed by atoms with van der Waals surface area (Å²) in [5.41, 5.74) is 2.74. The average molecular weight is 357 g/mol. The molecule has 7 heteroatoms. The van der Waals surface area contributed by atoms with Crippen LogP contribution in [0.25, 0.3) is 11.3 Å². The van der Waals surface area contributed by atoms with Gasteiger partial charge in [-0.3, -0.25) is 14.9 Å². The van der Waals surface area contributed by atoms with Crippen molar-refractivity contribution in [2.75, 3.05) is 6.61 Å². The fourth-order valence-electron chi connectivity index (χ4n) is 2.39. The van der Waals surface area contributed by atoms with E-state index in [2.05, 4.69) is 20.5 Å². The first-order valence-electron chi connectivity index (χ1n) is 7.82. The molecule has 2 N–H and O–H groups in total. The van der Waals surface area contributed by atoms with Crippen LogP contribution in [0.2, 0.25) is 5.02 Å². The van der Waals surface area contributed by atoms with Gasteiger partial charge in [-0.05, 0) is 36.8 Å². The van der Waals surface area contributed by atoms with Crippen molar-refractivity contribution in [3.8, 4) is 17.0 Å². The molecule has 0 aliphatic rings. The molecule has 2 heterocycles. The minimum Gasteiger partial charge on any atom is -0.492 e. The van der Waals surface area contributed by atoms with Crippen LogP contribution in [-0.2, 0) is 6.54 Å². The highest BCUT2D eigenvalue weighted by Crippen LogP contribution is 2.31. The molecule has 0 unspecified atom stereocenters. The Hall–Kier alpha value is -2.86. The zero-order valence-electron chi connectivity index (χ0n) is 13.6. The maximum atomic E-state index is 12.5. The Morgan fingerprint density at radius 2 is 2.20 bits per heavy atom. The number of halogens is 1. The van der Waals surface area contributed by atoms with Gasteiger partial charge in [-0.1, -0.05) is 17.7 Å².